The van der Waals surface area contributed by atoms with Crippen LogP contribution in [0.15, 0.2) is 24.3 Å². The van der Waals surface area contributed by atoms with E-state index >= 15 is 0 Å². The lowest BCUT2D eigenvalue weighted by atomic mass is 9.96. The van der Waals surface area contributed by atoms with Crippen LogP contribution >= 0.6 is 0 Å². The third-order valence-electron chi connectivity index (χ3n) is 4.09. The van der Waals surface area contributed by atoms with Crippen molar-refractivity contribution in [1.82, 2.24) is 0 Å². The minimum atomic E-state index is -0.194. The fraction of sp³-hybridized carbons (Fsp3) is 0.556. The van der Waals surface area contributed by atoms with Crippen molar-refractivity contribution in [2.24, 2.45) is 0 Å². The van der Waals surface area contributed by atoms with E-state index in [9.17, 15) is 9.59 Å². The Kier molecular flexibility index (Phi) is 5.99. The minimum absolute atomic E-state index is 0.0611. The van der Waals surface area contributed by atoms with E-state index in [-0.39, 0.29) is 18.0 Å². The van der Waals surface area contributed by atoms with Crippen molar-refractivity contribution in [3.63, 3.8) is 0 Å². The molecule has 0 aliphatic heterocycles. The third-order valence-corrected chi connectivity index (χ3v) is 4.09. The summed E-state index contributed by atoms with van der Waals surface area (Å²) in [6.45, 7) is 3.71. The van der Waals surface area contributed by atoms with E-state index < -0.39 is 0 Å². The highest BCUT2D eigenvalue weighted by Gasteiger charge is 2.27. The Bertz CT molecular complexity index is 506. The lowest BCUT2D eigenvalue weighted by Crippen LogP contribution is -2.12. The SMILES string of the molecule is CCOC(=O)CCc1ccc([C@H]2CC[C@@H](OC(C)=O)C2)cc1. The molecule has 1 fully saturated rings. The molecule has 4 nitrogen and oxygen atoms in total. The predicted octanol–water partition coefficient (Wildman–Crippen LogP) is 3.38. The summed E-state index contributed by atoms with van der Waals surface area (Å²) in [4.78, 5) is 22.4. The number of aryl methyl sites for hydroxylation is 1. The number of carbonyl (C=O) groups is 2. The number of carbonyl (C=O) groups excluding carboxylic acids is 2. The van der Waals surface area contributed by atoms with Crippen LogP contribution in [0.5, 0.6) is 0 Å². The first-order valence-corrected chi connectivity index (χ1v) is 8.00. The molecule has 1 aromatic carbocycles. The van der Waals surface area contributed by atoms with E-state index in [1.165, 1.54) is 12.5 Å². The van der Waals surface area contributed by atoms with Crippen LogP contribution < -0.4 is 0 Å². The molecule has 0 amide bonds. The second kappa shape index (κ2) is 7.97. The molecule has 0 unspecified atom stereocenters. The molecule has 0 saturated heterocycles. The van der Waals surface area contributed by atoms with Crippen LogP contribution in [0.4, 0.5) is 0 Å². The maximum Gasteiger partial charge on any atom is 0.306 e. The number of ether oxygens (including phenoxy) is 2. The van der Waals surface area contributed by atoms with Crippen LogP contribution in [0, 0.1) is 0 Å². The molecule has 0 heterocycles. The molecule has 0 radical (unpaired) electrons. The third kappa shape index (κ3) is 4.86. The Morgan fingerprint density at radius 1 is 1.18 bits per heavy atom. The van der Waals surface area contributed by atoms with E-state index in [0.29, 0.717) is 25.4 Å². The highest BCUT2D eigenvalue weighted by Crippen LogP contribution is 2.36. The van der Waals surface area contributed by atoms with Gasteiger partial charge in [0.1, 0.15) is 6.10 Å². The van der Waals surface area contributed by atoms with Crippen molar-refractivity contribution < 1.29 is 19.1 Å². The maximum atomic E-state index is 11.4. The number of hydrogen-bond donors (Lipinski definition) is 0. The Hall–Kier alpha value is -1.84. The van der Waals surface area contributed by atoms with Gasteiger partial charge in [-0.25, -0.2) is 0 Å². The predicted molar refractivity (Wildman–Crippen MR) is 83.5 cm³/mol. The Balaban J connectivity index is 1.84. The molecule has 0 N–H and O–H groups in total. The Morgan fingerprint density at radius 2 is 1.91 bits per heavy atom. The van der Waals surface area contributed by atoms with E-state index in [2.05, 4.69) is 24.3 Å². The monoisotopic (exact) mass is 304 g/mol. The van der Waals surface area contributed by atoms with Crippen LogP contribution in [0.2, 0.25) is 0 Å². The minimum Gasteiger partial charge on any atom is -0.466 e. The number of esters is 2. The van der Waals surface area contributed by atoms with Gasteiger partial charge in [-0.3, -0.25) is 9.59 Å². The van der Waals surface area contributed by atoms with E-state index in [1.807, 2.05) is 6.92 Å². The molecule has 1 aliphatic rings. The fourth-order valence-corrected chi connectivity index (χ4v) is 3.02. The lowest BCUT2D eigenvalue weighted by Gasteiger charge is -2.12. The summed E-state index contributed by atoms with van der Waals surface area (Å²) in [5.74, 6) is 0.120. The molecule has 0 spiro atoms. The number of benzene rings is 1. The largest absolute Gasteiger partial charge is 0.466 e. The number of rotatable bonds is 6. The molecule has 4 heteroatoms. The van der Waals surface area contributed by atoms with Crippen molar-refractivity contribution >= 4 is 11.9 Å². The second-order valence-corrected chi connectivity index (χ2v) is 5.79. The zero-order valence-corrected chi connectivity index (χ0v) is 13.3. The van der Waals surface area contributed by atoms with E-state index in [4.69, 9.17) is 9.47 Å². The van der Waals surface area contributed by atoms with Gasteiger partial charge in [-0.15, -0.1) is 0 Å². The van der Waals surface area contributed by atoms with Crippen LogP contribution in [-0.2, 0) is 25.5 Å². The molecule has 2 rings (SSSR count). The van der Waals surface area contributed by atoms with Crippen molar-refractivity contribution in [1.29, 1.82) is 0 Å². The van der Waals surface area contributed by atoms with Gasteiger partial charge in [0.2, 0.25) is 0 Å². The first-order chi connectivity index (χ1) is 10.6. The molecule has 0 aromatic heterocycles. The van der Waals surface area contributed by atoms with Crippen LogP contribution in [0.3, 0.4) is 0 Å². The molecule has 1 aromatic rings. The number of hydrogen-bond acceptors (Lipinski definition) is 4. The second-order valence-electron chi connectivity index (χ2n) is 5.79. The summed E-state index contributed by atoms with van der Waals surface area (Å²) in [7, 11) is 0. The summed E-state index contributed by atoms with van der Waals surface area (Å²) in [6, 6.07) is 8.41. The maximum absolute atomic E-state index is 11.4. The topological polar surface area (TPSA) is 52.6 Å². The Morgan fingerprint density at radius 3 is 2.55 bits per heavy atom. The smallest absolute Gasteiger partial charge is 0.306 e. The Labute approximate surface area is 131 Å². The van der Waals surface area contributed by atoms with Gasteiger partial charge in [0.05, 0.1) is 6.61 Å². The molecular weight excluding hydrogens is 280 g/mol. The van der Waals surface area contributed by atoms with Crippen molar-refractivity contribution in [2.75, 3.05) is 6.61 Å². The normalized spacial score (nSPS) is 20.6. The molecule has 0 bridgehead atoms. The first-order valence-electron chi connectivity index (χ1n) is 8.00. The summed E-state index contributed by atoms with van der Waals surface area (Å²) in [5, 5.41) is 0. The highest BCUT2D eigenvalue weighted by atomic mass is 16.5. The van der Waals surface area contributed by atoms with Gasteiger partial charge in [-0.05, 0) is 49.7 Å². The average Bonchev–Trinajstić information content (AvgIpc) is 2.93. The van der Waals surface area contributed by atoms with Crippen molar-refractivity contribution in [2.45, 2.75) is 58.0 Å². The van der Waals surface area contributed by atoms with Gasteiger partial charge >= 0.3 is 11.9 Å². The van der Waals surface area contributed by atoms with Crippen molar-refractivity contribution in [3.8, 4) is 0 Å². The van der Waals surface area contributed by atoms with Gasteiger partial charge < -0.3 is 9.47 Å². The van der Waals surface area contributed by atoms with Gasteiger partial charge in [0, 0.05) is 13.3 Å². The fourth-order valence-electron chi connectivity index (χ4n) is 3.02. The molecule has 120 valence electrons. The zero-order chi connectivity index (χ0) is 15.9. The summed E-state index contributed by atoms with van der Waals surface area (Å²) in [6.07, 6.45) is 4.09. The van der Waals surface area contributed by atoms with Crippen LogP contribution in [0.25, 0.3) is 0 Å². The molecule has 2 atom stereocenters. The summed E-state index contributed by atoms with van der Waals surface area (Å²) < 4.78 is 10.2. The first kappa shape index (κ1) is 16.5. The van der Waals surface area contributed by atoms with Crippen LogP contribution in [-0.4, -0.2) is 24.6 Å². The van der Waals surface area contributed by atoms with Gasteiger partial charge in [-0.2, -0.15) is 0 Å². The molecule has 22 heavy (non-hydrogen) atoms. The molecular formula is C18H24O4. The van der Waals surface area contributed by atoms with Crippen LogP contribution in [0.1, 0.15) is 56.6 Å². The lowest BCUT2D eigenvalue weighted by molar-refractivity contribution is -0.146. The zero-order valence-electron chi connectivity index (χ0n) is 13.3. The summed E-state index contributed by atoms with van der Waals surface area (Å²) in [5.41, 5.74) is 2.43. The van der Waals surface area contributed by atoms with Gasteiger partial charge in [-0.1, -0.05) is 24.3 Å². The van der Waals surface area contributed by atoms with Crippen molar-refractivity contribution in [3.05, 3.63) is 35.4 Å². The van der Waals surface area contributed by atoms with Gasteiger partial charge in [0.15, 0.2) is 0 Å². The standard InChI is InChI=1S/C18H24O4/c1-3-21-18(20)11-6-14-4-7-15(8-5-14)16-9-10-17(12-16)22-13(2)19/h4-5,7-8,16-17H,3,6,9-12H2,1-2H3/t16-,17+/m0/s1. The average molecular weight is 304 g/mol. The molecule has 1 aliphatic carbocycles. The summed E-state index contributed by atoms with van der Waals surface area (Å²) >= 11 is 0. The highest BCUT2D eigenvalue weighted by molar-refractivity contribution is 5.69. The molecule has 1 saturated carbocycles. The van der Waals surface area contributed by atoms with E-state index in [0.717, 1.165) is 24.8 Å². The van der Waals surface area contributed by atoms with E-state index in [1.54, 1.807) is 0 Å². The quantitative estimate of drug-likeness (QED) is 0.756. The van der Waals surface area contributed by atoms with Gasteiger partial charge in [0.25, 0.3) is 0 Å².